The number of nitrogens with one attached hydrogen (secondary N) is 1. The molecule has 0 saturated heterocycles. The summed E-state index contributed by atoms with van der Waals surface area (Å²) in [5.41, 5.74) is 2.40. The molecule has 0 heterocycles. The zero-order chi connectivity index (χ0) is 28.9. The number of anilines is 1. The van der Waals surface area contributed by atoms with Crippen molar-refractivity contribution in [2.24, 2.45) is 0 Å². The molecule has 0 aliphatic rings. The Balaban J connectivity index is 2.08. The fraction of sp³-hybridized carbons (Fsp3) is 0.310. The zero-order valence-corrected chi connectivity index (χ0v) is 24.9. The zero-order valence-electron chi connectivity index (χ0n) is 22.6. The minimum absolute atomic E-state index is 0.0513. The van der Waals surface area contributed by atoms with Crippen molar-refractivity contribution in [1.82, 2.24) is 10.2 Å². The van der Waals surface area contributed by atoms with Crippen molar-refractivity contribution in [1.29, 1.82) is 0 Å². The second-order valence-corrected chi connectivity index (χ2v) is 12.3. The van der Waals surface area contributed by atoms with Crippen LogP contribution in [0.15, 0.2) is 71.6 Å². The van der Waals surface area contributed by atoms with Crippen LogP contribution in [-0.2, 0) is 26.2 Å². The third kappa shape index (κ3) is 7.32. The van der Waals surface area contributed by atoms with E-state index in [1.165, 1.54) is 17.0 Å². The van der Waals surface area contributed by atoms with Crippen LogP contribution in [0.1, 0.15) is 37.5 Å². The number of rotatable bonds is 10. The van der Waals surface area contributed by atoms with Crippen molar-refractivity contribution in [2.75, 3.05) is 10.8 Å². The maximum absolute atomic E-state index is 14.0. The van der Waals surface area contributed by atoms with Crippen molar-refractivity contribution in [3.8, 4) is 0 Å². The third-order valence-electron chi connectivity index (χ3n) is 6.26. The van der Waals surface area contributed by atoms with E-state index >= 15 is 0 Å². The Morgan fingerprint density at radius 3 is 2.03 bits per heavy atom. The molecule has 7 nitrogen and oxygen atoms in total. The Hall–Kier alpha value is -3.07. The molecule has 0 bridgehead atoms. The Kier molecular flexibility index (Phi) is 10.0. The number of para-hydroxylation sites is 1. The lowest BCUT2D eigenvalue weighted by molar-refractivity contribution is -0.139. The van der Waals surface area contributed by atoms with Crippen LogP contribution in [0.3, 0.4) is 0 Å². The van der Waals surface area contributed by atoms with E-state index in [-0.39, 0.29) is 23.4 Å². The molecule has 3 aromatic carbocycles. The monoisotopic (exact) mass is 589 g/mol. The summed E-state index contributed by atoms with van der Waals surface area (Å²) in [6.45, 7) is 8.23. The van der Waals surface area contributed by atoms with Gasteiger partial charge in [0.2, 0.25) is 11.8 Å². The molecule has 3 aromatic rings. The first-order valence-electron chi connectivity index (χ1n) is 12.5. The molecule has 0 unspecified atom stereocenters. The molecule has 0 aliphatic carbocycles. The van der Waals surface area contributed by atoms with Gasteiger partial charge >= 0.3 is 0 Å². The van der Waals surface area contributed by atoms with Gasteiger partial charge in [-0.15, -0.1) is 0 Å². The number of nitrogens with zero attached hydrogens (tertiary/aromatic N) is 2. The quantitative estimate of drug-likeness (QED) is 0.326. The lowest BCUT2D eigenvalue weighted by Crippen LogP contribution is -2.52. The Bertz CT molecular complexity index is 1420. The van der Waals surface area contributed by atoms with E-state index in [0.717, 1.165) is 9.87 Å². The Morgan fingerprint density at radius 2 is 1.46 bits per heavy atom. The van der Waals surface area contributed by atoms with E-state index in [4.69, 9.17) is 23.2 Å². The van der Waals surface area contributed by atoms with Gasteiger partial charge in [0.1, 0.15) is 12.6 Å². The van der Waals surface area contributed by atoms with Gasteiger partial charge in [0, 0.05) is 28.2 Å². The SMILES string of the molecule is Cc1ccc(S(=O)(=O)N(CC(=O)N(Cc2c(Cl)cccc2Cl)[C@H](C)C(=O)NC(C)C)c2ccccc2C)cc1. The Morgan fingerprint density at radius 1 is 0.872 bits per heavy atom. The first-order valence-corrected chi connectivity index (χ1v) is 14.7. The van der Waals surface area contributed by atoms with Crippen LogP contribution >= 0.6 is 23.2 Å². The minimum atomic E-state index is -4.14. The smallest absolute Gasteiger partial charge is 0.264 e. The van der Waals surface area contributed by atoms with Gasteiger partial charge < -0.3 is 10.2 Å². The second-order valence-electron chi connectivity index (χ2n) is 9.67. The van der Waals surface area contributed by atoms with Gasteiger partial charge in [0.15, 0.2) is 0 Å². The summed E-state index contributed by atoms with van der Waals surface area (Å²) in [7, 11) is -4.14. The first kappa shape index (κ1) is 30.5. The molecule has 0 aliphatic heterocycles. The van der Waals surface area contributed by atoms with Gasteiger partial charge in [-0.3, -0.25) is 13.9 Å². The largest absolute Gasteiger partial charge is 0.352 e. The van der Waals surface area contributed by atoms with Crippen LogP contribution in [0.5, 0.6) is 0 Å². The van der Waals surface area contributed by atoms with Gasteiger partial charge in [0.25, 0.3) is 10.0 Å². The van der Waals surface area contributed by atoms with Crippen LogP contribution < -0.4 is 9.62 Å². The molecule has 39 heavy (non-hydrogen) atoms. The first-order chi connectivity index (χ1) is 18.3. The van der Waals surface area contributed by atoms with Gasteiger partial charge in [0.05, 0.1) is 10.6 Å². The van der Waals surface area contributed by atoms with Crippen LogP contribution in [0, 0.1) is 13.8 Å². The molecule has 0 radical (unpaired) electrons. The predicted octanol–water partition coefficient (Wildman–Crippen LogP) is 5.75. The van der Waals surface area contributed by atoms with E-state index in [0.29, 0.717) is 26.9 Å². The van der Waals surface area contributed by atoms with Crippen LogP contribution in [0.4, 0.5) is 5.69 Å². The lowest BCUT2D eigenvalue weighted by atomic mass is 10.1. The molecular formula is C29H33Cl2N3O4S. The van der Waals surface area contributed by atoms with E-state index in [9.17, 15) is 18.0 Å². The number of hydrogen-bond acceptors (Lipinski definition) is 4. The molecule has 10 heteroatoms. The number of halogens is 2. The Labute approximate surface area is 240 Å². The normalized spacial score (nSPS) is 12.2. The molecule has 2 amide bonds. The molecule has 1 N–H and O–H groups in total. The van der Waals surface area contributed by atoms with Crippen molar-refractivity contribution in [3.63, 3.8) is 0 Å². The molecule has 208 valence electrons. The van der Waals surface area contributed by atoms with Crippen LogP contribution in [0.2, 0.25) is 10.0 Å². The fourth-order valence-corrected chi connectivity index (χ4v) is 6.03. The number of carbonyl (C=O) groups excluding carboxylic acids is 2. The summed E-state index contributed by atoms with van der Waals surface area (Å²) in [6, 6.07) is 17.2. The van der Waals surface area contributed by atoms with Gasteiger partial charge in [-0.2, -0.15) is 0 Å². The van der Waals surface area contributed by atoms with Crippen LogP contribution in [-0.4, -0.2) is 43.8 Å². The number of aryl methyl sites for hydroxylation is 2. The van der Waals surface area contributed by atoms with E-state index in [1.807, 2.05) is 20.8 Å². The summed E-state index contributed by atoms with van der Waals surface area (Å²) in [6.07, 6.45) is 0. The average molecular weight is 591 g/mol. The molecule has 1 atom stereocenters. The average Bonchev–Trinajstić information content (AvgIpc) is 2.87. The summed E-state index contributed by atoms with van der Waals surface area (Å²) < 4.78 is 28.9. The number of benzene rings is 3. The summed E-state index contributed by atoms with van der Waals surface area (Å²) in [4.78, 5) is 28.4. The van der Waals surface area contributed by atoms with Gasteiger partial charge in [-0.25, -0.2) is 8.42 Å². The lowest BCUT2D eigenvalue weighted by Gasteiger charge is -2.33. The standard InChI is InChI=1S/C29H33Cl2N3O4S/c1-19(2)32-29(36)22(5)33(17-24-25(30)10-8-11-26(24)31)28(35)18-34(27-12-7-6-9-21(27)4)39(37,38)23-15-13-20(3)14-16-23/h6-16,19,22H,17-18H2,1-5H3,(H,32,36)/t22-/m1/s1. The van der Waals surface area contributed by atoms with Crippen molar-refractivity contribution in [2.45, 2.75) is 58.1 Å². The number of carbonyl (C=O) groups is 2. The van der Waals surface area contributed by atoms with Crippen molar-refractivity contribution >= 4 is 50.7 Å². The number of sulfonamides is 1. The fourth-order valence-electron chi connectivity index (χ4n) is 4.04. The second kappa shape index (κ2) is 12.9. The molecule has 0 fully saturated rings. The predicted molar refractivity (Wildman–Crippen MR) is 157 cm³/mol. The summed E-state index contributed by atoms with van der Waals surface area (Å²) >= 11 is 12.8. The molecule has 3 rings (SSSR count). The van der Waals surface area contributed by atoms with Crippen molar-refractivity contribution < 1.29 is 18.0 Å². The number of amides is 2. The topological polar surface area (TPSA) is 86.8 Å². The van der Waals surface area contributed by atoms with E-state index < -0.39 is 28.5 Å². The summed E-state index contributed by atoms with van der Waals surface area (Å²) in [5, 5.41) is 3.48. The third-order valence-corrected chi connectivity index (χ3v) is 8.74. The number of hydrogen-bond donors (Lipinski definition) is 1. The molecule has 0 aromatic heterocycles. The van der Waals surface area contributed by atoms with E-state index in [2.05, 4.69) is 5.32 Å². The highest BCUT2D eigenvalue weighted by molar-refractivity contribution is 7.92. The molecule has 0 spiro atoms. The maximum atomic E-state index is 14.0. The highest BCUT2D eigenvalue weighted by Gasteiger charge is 2.33. The van der Waals surface area contributed by atoms with Crippen molar-refractivity contribution in [3.05, 3.63) is 93.5 Å². The summed E-state index contributed by atoms with van der Waals surface area (Å²) in [5.74, 6) is -0.971. The van der Waals surface area contributed by atoms with Crippen LogP contribution in [0.25, 0.3) is 0 Å². The minimum Gasteiger partial charge on any atom is -0.352 e. The highest BCUT2D eigenvalue weighted by atomic mass is 35.5. The molecular weight excluding hydrogens is 557 g/mol. The van der Waals surface area contributed by atoms with Gasteiger partial charge in [-0.1, -0.05) is 65.2 Å². The molecule has 0 saturated carbocycles. The van der Waals surface area contributed by atoms with E-state index in [1.54, 1.807) is 68.4 Å². The van der Waals surface area contributed by atoms with Gasteiger partial charge in [-0.05, 0) is 70.5 Å². The maximum Gasteiger partial charge on any atom is 0.264 e. The highest BCUT2D eigenvalue weighted by Crippen LogP contribution is 2.29.